The van der Waals surface area contributed by atoms with Crippen LogP contribution < -0.4 is 10.6 Å². The van der Waals surface area contributed by atoms with Crippen molar-refractivity contribution in [3.8, 4) is 0 Å². The highest BCUT2D eigenvalue weighted by Gasteiger charge is 2.12. The molecule has 1 fully saturated rings. The van der Waals surface area contributed by atoms with Gasteiger partial charge in [-0.2, -0.15) is 5.10 Å². The lowest BCUT2D eigenvalue weighted by Gasteiger charge is -2.10. The number of hydrogen-bond acceptors (Lipinski definition) is 3. The van der Waals surface area contributed by atoms with Crippen molar-refractivity contribution in [3.63, 3.8) is 0 Å². The molecule has 4 heteroatoms. The summed E-state index contributed by atoms with van der Waals surface area (Å²) in [7, 11) is 1.96. The average Bonchev–Trinajstić information content (AvgIpc) is 2.84. The molecule has 0 aliphatic carbocycles. The number of hydrogen-bond donors (Lipinski definition) is 2. The predicted molar refractivity (Wildman–Crippen MR) is 60.8 cm³/mol. The average molecular weight is 208 g/mol. The van der Waals surface area contributed by atoms with Crippen molar-refractivity contribution < 1.29 is 0 Å². The maximum absolute atomic E-state index is 4.34. The van der Waals surface area contributed by atoms with E-state index in [4.69, 9.17) is 0 Å². The summed E-state index contributed by atoms with van der Waals surface area (Å²) in [5.74, 6) is 0. The normalized spacial score (nSPS) is 21.0. The number of rotatable bonds is 5. The molecule has 1 unspecified atom stereocenters. The fourth-order valence-corrected chi connectivity index (χ4v) is 2.02. The molecule has 1 aromatic rings. The number of nitrogens with one attached hydrogen (secondary N) is 2. The van der Waals surface area contributed by atoms with Crippen molar-refractivity contribution in [3.05, 3.63) is 18.0 Å². The van der Waals surface area contributed by atoms with Crippen molar-refractivity contribution in [2.75, 3.05) is 19.6 Å². The van der Waals surface area contributed by atoms with Gasteiger partial charge < -0.3 is 10.6 Å². The highest BCUT2D eigenvalue weighted by molar-refractivity contribution is 4.98. The van der Waals surface area contributed by atoms with Crippen LogP contribution >= 0.6 is 0 Å². The molecular weight excluding hydrogens is 188 g/mol. The van der Waals surface area contributed by atoms with E-state index in [9.17, 15) is 0 Å². The second kappa shape index (κ2) is 5.28. The highest BCUT2D eigenvalue weighted by atomic mass is 15.2. The predicted octanol–water partition coefficient (Wildman–Crippen LogP) is 0.304. The Labute approximate surface area is 91.1 Å². The van der Waals surface area contributed by atoms with Crippen LogP contribution in [-0.4, -0.2) is 35.5 Å². The fourth-order valence-electron chi connectivity index (χ4n) is 2.02. The van der Waals surface area contributed by atoms with E-state index < -0.39 is 0 Å². The van der Waals surface area contributed by atoms with Gasteiger partial charge in [0.25, 0.3) is 0 Å². The third kappa shape index (κ3) is 3.32. The van der Waals surface area contributed by atoms with Gasteiger partial charge in [0.05, 0.1) is 5.69 Å². The summed E-state index contributed by atoms with van der Waals surface area (Å²) >= 11 is 0. The smallest absolute Gasteiger partial charge is 0.0637 e. The Bertz CT molecular complexity index is 289. The Kier molecular flexibility index (Phi) is 3.75. The summed E-state index contributed by atoms with van der Waals surface area (Å²) < 4.78 is 1.86. The van der Waals surface area contributed by atoms with Gasteiger partial charge in [-0.05, 0) is 25.5 Å². The van der Waals surface area contributed by atoms with Gasteiger partial charge in [-0.1, -0.05) is 0 Å². The molecule has 0 spiro atoms. The van der Waals surface area contributed by atoms with Crippen LogP contribution in [0.25, 0.3) is 0 Å². The van der Waals surface area contributed by atoms with Crippen LogP contribution in [0.2, 0.25) is 0 Å². The third-order valence-corrected chi connectivity index (χ3v) is 2.88. The summed E-state index contributed by atoms with van der Waals surface area (Å²) in [6.45, 7) is 3.30. The molecule has 1 aliphatic rings. The third-order valence-electron chi connectivity index (χ3n) is 2.88. The number of nitrogens with zero attached hydrogens (tertiary/aromatic N) is 2. The Balaban J connectivity index is 1.58. The molecule has 2 rings (SSSR count). The van der Waals surface area contributed by atoms with E-state index in [-0.39, 0.29) is 0 Å². The molecule has 15 heavy (non-hydrogen) atoms. The molecule has 0 aromatic carbocycles. The van der Waals surface area contributed by atoms with E-state index in [1.54, 1.807) is 0 Å². The van der Waals surface area contributed by atoms with Crippen LogP contribution in [0.5, 0.6) is 0 Å². The lowest BCUT2D eigenvalue weighted by molar-refractivity contribution is 0.535. The molecular formula is C11H20N4. The van der Waals surface area contributed by atoms with Crippen LogP contribution in [0.15, 0.2) is 12.3 Å². The van der Waals surface area contributed by atoms with E-state index in [2.05, 4.69) is 21.8 Å². The molecule has 1 aromatic heterocycles. The number of aryl methyl sites for hydroxylation is 1. The van der Waals surface area contributed by atoms with E-state index >= 15 is 0 Å². The molecule has 4 nitrogen and oxygen atoms in total. The first-order chi connectivity index (χ1) is 7.34. The zero-order valence-corrected chi connectivity index (χ0v) is 9.37. The largest absolute Gasteiger partial charge is 0.315 e. The zero-order valence-electron chi connectivity index (χ0n) is 9.37. The lowest BCUT2D eigenvalue weighted by Crippen LogP contribution is -2.34. The first kappa shape index (κ1) is 10.6. The monoisotopic (exact) mass is 208 g/mol. The zero-order chi connectivity index (χ0) is 10.5. The Morgan fingerprint density at radius 3 is 3.27 bits per heavy atom. The van der Waals surface area contributed by atoms with Gasteiger partial charge in [-0.3, -0.25) is 4.68 Å². The van der Waals surface area contributed by atoms with Crippen LogP contribution in [0.3, 0.4) is 0 Å². The quantitative estimate of drug-likeness (QED) is 0.684. The first-order valence-electron chi connectivity index (χ1n) is 5.77. The highest BCUT2D eigenvalue weighted by Crippen LogP contribution is 2.03. The van der Waals surface area contributed by atoms with E-state index in [0.717, 1.165) is 19.5 Å². The van der Waals surface area contributed by atoms with Gasteiger partial charge in [-0.15, -0.1) is 0 Å². The second-order valence-electron chi connectivity index (χ2n) is 4.23. The minimum absolute atomic E-state index is 0.689. The van der Waals surface area contributed by atoms with Gasteiger partial charge in [0.2, 0.25) is 0 Å². The van der Waals surface area contributed by atoms with Gasteiger partial charge >= 0.3 is 0 Å². The summed E-state index contributed by atoms with van der Waals surface area (Å²) in [5, 5.41) is 11.3. The Hall–Kier alpha value is -0.870. The van der Waals surface area contributed by atoms with E-state index in [0.29, 0.717) is 6.04 Å². The molecule has 1 atom stereocenters. The summed E-state index contributed by atoms with van der Waals surface area (Å²) in [6.07, 6.45) is 5.66. The van der Waals surface area contributed by atoms with Crippen LogP contribution in [-0.2, 0) is 13.5 Å². The molecule has 2 heterocycles. The van der Waals surface area contributed by atoms with Crippen LogP contribution in [0, 0.1) is 0 Å². The first-order valence-corrected chi connectivity index (χ1v) is 5.77. The van der Waals surface area contributed by atoms with Gasteiger partial charge in [0.15, 0.2) is 0 Å². The van der Waals surface area contributed by atoms with E-state index in [1.165, 1.54) is 25.1 Å². The molecule has 2 N–H and O–H groups in total. The summed E-state index contributed by atoms with van der Waals surface area (Å²) in [4.78, 5) is 0. The van der Waals surface area contributed by atoms with Crippen molar-refractivity contribution in [1.29, 1.82) is 0 Å². The summed E-state index contributed by atoms with van der Waals surface area (Å²) in [5.41, 5.74) is 1.17. The van der Waals surface area contributed by atoms with E-state index in [1.807, 2.05) is 17.9 Å². The maximum Gasteiger partial charge on any atom is 0.0637 e. The van der Waals surface area contributed by atoms with Crippen LogP contribution in [0.4, 0.5) is 0 Å². The minimum Gasteiger partial charge on any atom is -0.315 e. The molecule has 84 valence electrons. The SMILES string of the molecule is Cn1ccc(CCNCC2CCCN2)n1. The fraction of sp³-hybridized carbons (Fsp3) is 0.727. The molecule has 0 bridgehead atoms. The lowest BCUT2D eigenvalue weighted by atomic mass is 10.2. The van der Waals surface area contributed by atoms with Crippen molar-refractivity contribution in [2.45, 2.75) is 25.3 Å². The summed E-state index contributed by atoms with van der Waals surface area (Å²) in [6, 6.07) is 2.77. The van der Waals surface area contributed by atoms with Crippen molar-refractivity contribution >= 4 is 0 Å². The maximum atomic E-state index is 4.34. The molecule has 1 saturated heterocycles. The van der Waals surface area contributed by atoms with Crippen molar-refractivity contribution in [2.24, 2.45) is 7.05 Å². The molecule has 1 aliphatic heterocycles. The van der Waals surface area contributed by atoms with Crippen molar-refractivity contribution in [1.82, 2.24) is 20.4 Å². The van der Waals surface area contributed by atoms with Gasteiger partial charge in [0, 0.05) is 38.8 Å². The molecule has 0 radical (unpaired) electrons. The second-order valence-corrected chi connectivity index (χ2v) is 4.23. The number of aromatic nitrogens is 2. The minimum atomic E-state index is 0.689. The Morgan fingerprint density at radius 2 is 2.60 bits per heavy atom. The van der Waals surface area contributed by atoms with Gasteiger partial charge in [-0.25, -0.2) is 0 Å². The molecule has 0 amide bonds. The standard InChI is InChI=1S/C11H20N4/c1-15-8-5-10(14-15)4-7-12-9-11-3-2-6-13-11/h5,8,11-13H,2-4,6-7,9H2,1H3. The van der Waals surface area contributed by atoms with Crippen LogP contribution in [0.1, 0.15) is 18.5 Å². The molecule has 0 saturated carbocycles. The van der Waals surface area contributed by atoms with Gasteiger partial charge in [0.1, 0.15) is 0 Å². The Morgan fingerprint density at radius 1 is 1.67 bits per heavy atom. The topological polar surface area (TPSA) is 41.9 Å².